The van der Waals surface area contributed by atoms with Gasteiger partial charge in [-0.1, -0.05) is 48.9 Å². The second-order valence-corrected chi connectivity index (χ2v) is 11.3. The summed E-state index contributed by atoms with van der Waals surface area (Å²) in [7, 11) is 0. The predicted molar refractivity (Wildman–Crippen MR) is 131 cm³/mol. The molecule has 4 heteroatoms. The van der Waals surface area contributed by atoms with E-state index in [9.17, 15) is 4.79 Å². The van der Waals surface area contributed by atoms with Crippen molar-refractivity contribution in [3.05, 3.63) is 41.5 Å². The molecule has 3 saturated carbocycles. The van der Waals surface area contributed by atoms with Crippen LogP contribution in [0, 0.1) is 11.3 Å². The minimum atomic E-state index is -0.398. The van der Waals surface area contributed by atoms with E-state index < -0.39 is 5.60 Å². The summed E-state index contributed by atoms with van der Waals surface area (Å²) in [6.07, 6.45) is 11.6. The summed E-state index contributed by atoms with van der Waals surface area (Å²) in [6, 6.07) is 12.5. The minimum Gasteiger partial charge on any atom is -0.460 e. The molecular formula is C28H42N2O2. The van der Waals surface area contributed by atoms with E-state index >= 15 is 0 Å². The van der Waals surface area contributed by atoms with Crippen LogP contribution in [0.2, 0.25) is 0 Å². The van der Waals surface area contributed by atoms with Crippen molar-refractivity contribution in [3.63, 3.8) is 0 Å². The number of carbonyl (C=O) groups excluding carboxylic acids is 1. The van der Waals surface area contributed by atoms with Crippen molar-refractivity contribution < 1.29 is 9.53 Å². The lowest BCUT2D eigenvalue weighted by atomic mass is 9.90. The molecule has 0 bridgehead atoms. The Labute approximate surface area is 194 Å². The van der Waals surface area contributed by atoms with Crippen molar-refractivity contribution >= 4 is 12.0 Å². The van der Waals surface area contributed by atoms with E-state index in [0.29, 0.717) is 24.0 Å². The molecule has 0 radical (unpaired) electrons. The number of carbonyl (C=O) groups is 1. The van der Waals surface area contributed by atoms with Crippen LogP contribution in [0.1, 0.15) is 84.6 Å². The molecule has 176 valence electrons. The third-order valence-corrected chi connectivity index (χ3v) is 7.42. The fourth-order valence-electron chi connectivity index (χ4n) is 5.12. The van der Waals surface area contributed by atoms with E-state index in [2.05, 4.69) is 54.0 Å². The molecule has 1 aromatic carbocycles. The molecule has 0 spiro atoms. The second-order valence-electron chi connectivity index (χ2n) is 11.3. The van der Waals surface area contributed by atoms with Crippen LogP contribution in [0.25, 0.3) is 6.08 Å². The average Bonchev–Trinajstić information content (AvgIpc) is 3.68. The van der Waals surface area contributed by atoms with Gasteiger partial charge in [0.15, 0.2) is 0 Å². The van der Waals surface area contributed by atoms with Crippen LogP contribution in [-0.2, 0) is 9.53 Å². The Morgan fingerprint density at radius 3 is 2.34 bits per heavy atom. The van der Waals surface area contributed by atoms with Gasteiger partial charge in [0.25, 0.3) is 0 Å². The van der Waals surface area contributed by atoms with Crippen molar-refractivity contribution in [2.24, 2.45) is 11.3 Å². The second kappa shape index (κ2) is 9.69. The van der Waals surface area contributed by atoms with Crippen molar-refractivity contribution in [2.45, 2.75) is 103 Å². The first-order chi connectivity index (χ1) is 15.3. The lowest BCUT2D eigenvalue weighted by Gasteiger charge is -2.31. The van der Waals surface area contributed by atoms with Crippen LogP contribution in [0.4, 0.5) is 0 Å². The molecule has 0 saturated heterocycles. The molecule has 32 heavy (non-hydrogen) atoms. The molecule has 0 heterocycles. The van der Waals surface area contributed by atoms with Crippen LogP contribution in [0.5, 0.6) is 0 Å². The zero-order valence-electron chi connectivity index (χ0n) is 20.5. The van der Waals surface area contributed by atoms with Crippen molar-refractivity contribution in [3.8, 4) is 0 Å². The Kier molecular flexibility index (Phi) is 7.11. The van der Waals surface area contributed by atoms with Gasteiger partial charge in [0.05, 0.1) is 5.41 Å². The quantitative estimate of drug-likeness (QED) is 0.501. The van der Waals surface area contributed by atoms with Gasteiger partial charge in [-0.15, -0.1) is 0 Å². The molecule has 4 rings (SSSR count). The Bertz CT molecular complexity index is 798. The molecule has 0 amide bonds. The van der Waals surface area contributed by atoms with Crippen LogP contribution < -0.4 is 10.6 Å². The van der Waals surface area contributed by atoms with Gasteiger partial charge in [-0.3, -0.25) is 4.79 Å². The molecule has 3 aliphatic carbocycles. The van der Waals surface area contributed by atoms with Gasteiger partial charge in [-0.25, -0.2) is 0 Å². The summed E-state index contributed by atoms with van der Waals surface area (Å²) in [5.74, 6) is 0.697. The molecule has 2 N–H and O–H groups in total. The molecule has 3 aliphatic rings. The normalized spacial score (nSPS) is 29.4. The van der Waals surface area contributed by atoms with E-state index in [-0.39, 0.29) is 11.4 Å². The van der Waals surface area contributed by atoms with Gasteiger partial charge < -0.3 is 15.4 Å². The SMILES string of the molecule is CCC(=Cc1ccccc1)C1C[C@@H]1NC1CCC(NCC2(C(=O)OC(C)(C)C)CC2)CC1. The maximum absolute atomic E-state index is 12.5. The first-order valence-corrected chi connectivity index (χ1v) is 12.8. The van der Waals surface area contributed by atoms with E-state index in [0.717, 1.165) is 25.8 Å². The van der Waals surface area contributed by atoms with Crippen molar-refractivity contribution in [1.82, 2.24) is 10.6 Å². The zero-order chi connectivity index (χ0) is 22.8. The van der Waals surface area contributed by atoms with Gasteiger partial charge in [-0.05, 0) is 83.6 Å². The summed E-state index contributed by atoms with van der Waals surface area (Å²) in [4.78, 5) is 12.5. The van der Waals surface area contributed by atoms with Gasteiger partial charge in [0.1, 0.15) is 5.60 Å². The van der Waals surface area contributed by atoms with Gasteiger partial charge in [0, 0.05) is 24.7 Å². The third kappa shape index (κ3) is 6.23. The molecule has 1 aromatic rings. The summed E-state index contributed by atoms with van der Waals surface area (Å²) >= 11 is 0. The number of hydrogen-bond acceptors (Lipinski definition) is 4. The molecule has 4 nitrogen and oxygen atoms in total. The topological polar surface area (TPSA) is 50.4 Å². The highest BCUT2D eigenvalue weighted by Gasteiger charge is 2.52. The molecule has 1 unspecified atom stereocenters. The smallest absolute Gasteiger partial charge is 0.313 e. The number of hydrogen-bond donors (Lipinski definition) is 2. The van der Waals surface area contributed by atoms with E-state index in [1.807, 2.05) is 20.8 Å². The standard InChI is InChI=1S/C28H42N2O2/c1-5-21(17-20-9-7-6-8-10-20)24-18-25(24)30-23-13-11-22(12-14-23)29-19-28(15-16-28)26(31)32-27(2,3)4/h6-10,17,22-25,29-30H,5,11-16,18-19H2,1-4H3/t22?,23?,24?,25-/m0/s1. The van der Waals surface area contributed by atoms with Gasteiger partial charge >= 0.3 is 5.97 Å². The van der Waals surface area contributed by atoms with Crippen molar-refractivity contribution in [1.29, 1.82) is 0 Å². The highest BCUT2D eigenvalue weighted by Crippen LogP contribution is 2.47. The largest absolute Gasteiger partial charge is 0.460 e. The predicted octanol–water partition coefficient (Wildman–Crippen LogP) is 5.48. The fraction of sp³-hybridized carbons (Fsp3) is 0.679. The maximum Gasteiger partial charge on any atom is 0.313 e. The summed E-state index contributed by atoms with van der Waals surface area (Å²) in [6.45, 7) is 8.92. The first kappa shape index (κ1) is 23.5. The Morgan fingerprint density at radius 2 is 1.75 bits per heavy atom. The number of esters is 1. The van der Waals surface area contributed by atoms with E-state index in [4.69, 9.17) is 4.74 Å². The highest BCUT2D eigenvalue weighted by atomic mass is 16.6. The molecule has 2 atom stereocenters. The molecule has 3 fully saturated rings. The first-order valence-electron chi connectivity index (χ1n) is 12.8. The fourth-order valence-corrected chi connectivity index (χ4v) is 5.12. The van der Waals surface area contributed by atoms with E-state index in [1.54, 1.807) is 5.57 Å². The number of nitrogens with one attached hydrogen (secondary N) is 2. The third-order valence-electron chi connectivity index (χ3n) is 7.42. The summed E-state index contributed by atoms with van der Waals surface area (Å²) in [5, 5.41) is 7.66. The number of rotatable bonds is 9. The van der Waals surface area contributed by atoms with Crippen molar-refractivity contribution in [2.75, 3.05) is 6.54 Å². The lowest BCUT2D eigenvalue weighted by molar-refractivity contribution is -0.161. The van der Waals surface area contributed by atoms with Gasteiger partial charge in [-0.2, -0.15) is 0 Å². The Morgan fingerprint density at radius 1 is 1.09 bits per heavy atom. The monoisotopic (exact) mass is 438 g/mol. The lowest BCUT2D eigenvalue weighted by Crippen LogP contribution is -2.44. The molecule has 0 aliphatic heterocycles. The molecule has 0 aromatic heterocycles. The molecular weight excluding hydrogens is 396 g/mol. The van der Waals surface area contributed by atoms with Crippen LogP contribution in [0.3, 0.4) is 0 Å². The van der Waals surface area contributed by atoms with Crippen LogP contribution in [-0.4, -0.2) is 36.2 Å². The van der Waals surface area contributed by atoms with Crippen LogP contribution in [0.15, 0.2) is 35.9 Å². The maximum atomic E-state index is 12.5. The van der Waals surface area contributed by atoms with E-state index in [1.165, 1.54) is 37.7 Å². The average molecular weight is 439 g/mol. The number of benzene rings is 1. The summed E-state index contributed by atoms with van der Waals surface area (Å²) < 4.78 is 5.66. The highest BCUT2D eigenvalue weighted by molar-refractivity contribution is 5.80. The minimum absolute atomic E-state index is 0.0112. The zero-order valence-corrected chi connectivity index (χ0v) is 20.5. The Balaban J connectivity index is 1.18. The Hall–Kier alpha value is -1.65. The van der Waals surface area contributed by atoms with Crippen LogP contribution >= 0.6 is 0 Å². The summed E-state index contributed by atoms with van der Waals surface area (Å²) in [5.41, 5.74) is 2.25. The number of ether oxygens (including phenoxy) is 1. The van der Waals surface area contributed by atoms with Gasteiger partial charge in [0.2, 0.25) is 0 Å².